The van der Waals surface area contributed by atoms with E-state index in [9.17, 15) is 12.8 Å². The van der Waals surface area contributed by atoms with Crippen LogP contribution in [0, 0.1) is 5.82 Å². The fraction of sp³-hybridized carbons (Fsp3) is 0.500. The van der Waals surface area contributed by atoms with Gasteiger partial charge in [-0.25, -0.2) is 17.5 Å². The first-order valence-corrected chi connectivity index (χ1v) is 9.99. The predicted octanol–water partition coefficient (Wildman–Crippen LogP) is 1.31. The van der Waals surface area contributed by atoms with Gasteiger partial charge in [-0.2, -0.15) is 4.98 Å². The van der Waals surface area contributed by atoms with Crippen molar-refractivity contribution in [3.8, 4) is 11.5 Å². The highest BCUT2D eigenvalue weighted by molar-refractivity contribution is 7.89. The molecule has 2 fully saturated rings. The summed E-state index contributed by atoms with van der Waals surface area (Å²) in [6, 6.07) is 3.65. The second-order valence-corrected chi connectivity index (χ2v) is 8.38. The Labute approximate surface area is 163 Å². The van der Waals surface area contributed by atoms with Crippen LogP contribution in [0.1, 0.15) is 24.7 Å². The molecule has 1 atom stereocenters. The second kappa shape index (κ2) is 7.80. The second-order valence-electron chi connectivity index (χ2n) is 6.70. The van der Waals surface area contributed by atoms with Crippen LogP contribution in [0.25, 0.3) is 11.5 Å². The molecule has 1 aromatic heterocycles. The molecule has 8 nitrogen and oxygen atoms in total. The Morgan fingerprint density at radius 2 is 2.15 bits per heavy atom. The van der Waals surface area contributed by atoms with Gasteiger partial charge >= 0.3 is 0 Å². The first-order valence-electron chi connectivity index (χ1n) is 8.51. The van der Waals surface area contributed by atoms with Crippen molar-refractivity contribution in [2.75, 3.05) is 26.7 Å². The third-order valence-corrected chi connectivity index (χ3v) is 6.15. The first kappa shape index (κ1) is 20.2. The number of likely N-dealkylation sites (N-methyl/N-ethyl adjacent to an activating group) is 1. The number of rotatable bonds is 5. The van der Waals surface area contributed by atoms with Crippen molar-refractivity contribution >= 4 is 22.4 Å². The quantitative estimate of drug-likeness (QED) is 0.756. The summed E-state index contributed by atoms with van der Waals surface area (Å²) in [6.07, 6.45) is 1.55. The summed E-state index contributed by atoms with van der Waals surface area (Å²) >= 11 is 0. The van der Waals surface area contributed by atoms with E-state index in [2.05, 4.69) is 25.1 Å². The lowest BCUT2D eigenvalue weighted by molar-refractivity contribution is 0.190. The number of nitrogens with one attached hydrogen (secondary N) is 2. The Hall–Kier alpha value is -1.59. The minimum Gasteiger partial charge on any atom is -0.334 e. The van der Waals surface area contributed by atoms with E-state index in [0.29, 0.717) is 17.9 Å². The zero-order valence-electron chi connectivity index (χ0n) is 14.7. The van der Waals surface area contributed by atoms with Crippen LogP contribution in [0.4, 0.5) is 4.39 Å². The maximum Gasteiger partial charge on any atom is 0.258 e. The highest BCUT2D eigenvalue weighted by Gasteiger charge is 2.30. The number of benzene rings is 1. The van der Waals surface area contributed by atoms with Crippen LogP contribution in [0.2, 0.25) is 0 Å². The van der Waals surface area contributed by atoms with Gasteiger partial charge in [-0.3, -0.25) is 4.90 Å². The fourth-order valence-corrected chi connectivity index (χ4v) is 4.32. The van der Waals surface area contributed by atoms with Crippen molar-refractivity contribution in [1.82, 2.24) is 25.1 Å². The van der Waals surface area contributed by atoms with Crippen LogP contribution in [-0.2, 0) is 10.0 Å². The molecule has 0 bridgehead atoms. The van der Waals surface area contributed by atoms with Crippen molar-refractivity contribution in [1.29, 1.82) is 0 Å². The number of halogens is 2. The molecule has 2 heterocycles. The Morgan fingerprint density at radius 1 is 1.37 bits per heavy atom. The van der Waals surface area contributed by atoms with E-state index in [1.165, 1.54) is 12.1 Å². The van der Waals surface area contributed by atoms with Crippen molar-refractivity contribution in [3.63, 3.8) is 0 Å². The lowest BCUT2D eigenvalue weighted by atomic mass is 10.2. The van der Waals surface area contributed by atoms with Crippen LogP contribution in [-0.4, -0.2) is 56.2 Å². The van der Waals surface area contributed by atoms with Crippen molar-refractivity contribution in [2.45, 2.75) is 29.8 Å². The van der Waals surface area contributed by atoms with E-state index >= 15 is 0 Å². The molecule has 27 heavy (non-hydrogen) atoms. The van der Waals surface area contributed by atoms with Crippen molar-refractivity contribution in [2.24, 2.45) is 0 Å². The van der Waals surface area contributed by atoms with Gasteiger partial charge in [0.25, 0.3) is 5.89 Å². The number of nitrogens with zero attached hydrogens (tertiary/aromatic N) is 3. The molecule has 2 N–H and O–H groups in total. The number of hydrogen-bond donors (Lipinski definition) is 2. The molecule has 148 valence electrons. The molecule has 1 aliphatic carbocycles. The smallest absolute Gasteiger partial charge is 0.258 e. The summed E-state index contributed by atoms with van der Waals surface area (Å²) < 4.78 is 46.6. The van der Waals surface area contributed by atoms with Gasteiger partial charge in [0, 0.05) is 31.2 Å². The predicted molar refractivity (Wildman–Crippen MR) is 98.5 cm³/mol. The Bertz CT molecular complexity index is 919. The molecule has 1 unspecified atom stereocenters. The van der Waals surface area contributed by atoms with Gasteiger partial charge in [-0.05, 0) is 38.1 Å². The summed E-state index contributed by atoms with van der Waals surface area (Å²) in [6.45, 7) is 2.45. The van der Waals surface area contributed by atoms with Crippen LogP contribution in [0.15, 0.2) is 27.6 Å². The summed E-state index contributed by atoms with van der Waals surface area (Å²) in [5.74, 6) is -0.126. The monoisotopic (exact) mass is 417 g/mol. The zero-order chi connectivity index (χ0) is 18.3. The van der Waals surface area contributed by atoms with E-state index < -0.39 is 20.7 Å². The molecule has 1 saturated carbocycles. The third kappa shape index (κ3) is 4.30. The Morgan fingerprint density at radius 3 is 2.85 bits per heavy atom. The molecule has 1 aromatic carbocycles. The van der Waals surface area contributed by atoms with E-state index in [1.807, 2.05) is 7.05 Å². The molecule has 4 rings (SSSR count). The van der Waals surface area contributed by atoms with E-state index in [-0.39, 0.29) is 30.4 Å². The van der Waals surface area contributed by atoms with Gasteiger partial charge in [0.1, 0.15) is 10.7 Å². The normalized spacial score (nSPS) is 21.0. The Kier molecular flexibility index (Phi) is 5.82. The largest absolute Gasteiger partial charge is 0.334 e. The average Bonchev–Trinajstić information content (AvgIpc) is 3.27. The van der Waals surface area contributed by atoms with E-state index in [1.54, 1.807) is 0 Å². The van der Waals surface area contributed by atoms with Crippen LogP contribution in [0.3, 0.4) is 0 Å². The fourth-order valence-electron chi connectivity index (χ4n) is 2.91. The molecule has 1 aliphatic heterocycles. The highest BCUT2D eigenvalue weighted by Crippen LogP contribution is 2.28. The van der Waals surface area contributed by atoms with E-state index in [0.717, 1.165) is 32.0 Å². The lowest BCUT2D eigenvalue weighted by Gasteiger charge is -2.30. The molecule has 0 spiro atoms. The van der Waals surface area contributed by atoms with Crippen molar-refractivity contribution < 1.29 is 17.3 Å². The number of sulfonamides is 1. The minimum absolute atomic E-state index is 0. The van der Waals surface area contributed by atoms with Gasteiger partial charge in [-0.1, -0.05) is 5.16 Å². The highest BCUT2D eigenvalue weighted by atomic mass is 35.5. The molecule has 2 aliphatic rings. The first-order chi connectivity index (χ1) is 12.4. The summed E-state index contributed by atoms with van der Waals surface area (Å²) in [5.41, 5.74) is 0.368. The minimum atomic E-state index is -3.91. The number of aromatic nitrogens is 2. The van der Waals surface area contributed by atoms with Crippen LogP contribution < -0.4 is 10.0 Å². The zero-order valence-corrected chi connectivity index (χ0v) is 16.3. The molecule has 1 saturated heterocycles. The van der Waals surface area contributed by atoms with Crippen LogP contribution in [0.5, 0.6) is 0 Å². The number of piperazine rings is 1. The lowest BCUT2D eigenvalue weighted by Crippen LogP contribution is -2.44. The molecule has 2 aromatic rings. The van der Waals surface area contributed by atoms with Gasteiger partial charge < -0.3 is 9.84 Å². The summed E-state index contributed by atoms with van der Waals surface area (Å²) in [5, 5.41) is 7.29. The van der Waals surface area contributed by atoms with Gasteiger partial charge in [0.05, 0.1) is 6.04 Å². The molecule has 11 heteroatoms. The van der Waals surface area contributed by atoms with Crippen LogP contribution >= 0.6 is 12.4 Å². The summed E-state index contributed by atoms with van der Waals surface area (Å²) in [7, 11) is -1.93. The van der Waals surface area contributed by atoms with Gasteiger partial charge in [-0.15, -0.1) is 12.4 Å². The molecular formula is C16H21ClFN5O3S. The van der Waals surface area contributed by atoms with E-state index in [4.69, 9.17) is 4.52 Å². The topological polar surface area (TPSA) is 100 Å². The van der Waals surface area contributed by atoms with Gasteiger partial charge in [0.15, 0.2) is 5.82 Å². The third-order valence-electron chi connectivity index (χ3n) is 4.62. The SMILES string of the molecule is CN1CCNCC1c1noc(-c2ccc(F)c(S(=O)(=O)NC3CC3)c2)n1.Cl. The van der Waals surface area contributed by atoms with Crippen molar-refractivity contribution in [3.05, 3.63) is 29.8 Å². The van der Waals surface area contributed by atoms with Gasteiger partial charge in [0.2, 0.25) is 10.0 Å². The maximum absolute atomic E-state index is 14.1. The molecule has 0 amide bonds. The summed E-state index contributed by atoms with van der Waals surface area (Å²) in [4.78, 5) is 6.10. The maximum atomic E-state index is 14.1. The molecular weight excluding hydrogens is 397 g/mol. The Balaban J connectivity index is 0.00000210. The average molecular weight is 418 g/mol. The number of hydrogen-bond acceptors (Lipinski definition) is 7. The standard InChI is InChI=1S/C16H20FN5O3S.ClH/c1-22-7-6-18-9-13(22)15-19-16(25-20-15)10-2-5-12(17)14(8-10)26(23,24)21-11-3-4-11;/h2,5,8,11,13,18,21H,3-4,6-7,9H2,1H3;1H. The molecule has 0 radical (unpaired) electrons.